The third-order valence-corrected chi connectivity index (χ3v) is 2.84. The van der Waals surface area contributed by atoms with Crippen LogP contribution in [-0.2, 0) is 18.9 Å². The summed E-state index contributed by atoms with van der Waals surface area (Å²) in [7, 11) is 1.56. The van der Waals surface area contributed by atoms with Crippen molar-refractivity contribution in [2.45, 2.75) is 37.6 Å². The van der Waals surface area contributed by atoms with Gasteiger partial charge in [-0.1, -0.05) is 5.11 Å². The van der Waals surface area contributed by atoms with Crippen LogP contribution in [0.3, 0.4) is 0 Å². The van der Waals surface area contributed by atoms with Gasteiger partial charge in [-0.2, -0.15) is 0 Å². The van der Waals surface area contributed by atoms with E-state index in [2.05, 4.69) is 10.0 Å². The van der Waals surface area contributed by atoms with E-state index in [1.807, 2.05) is 6.92 Å². The molecule has 0 unspecified atom stereocenters. The van der Waals surface area contributed by atoms with E-state index in [-0.39, 0.29) is 17.4 Å². The summed E-state index contributed by atoms with van der Waals surface area (Å²) in [6.45, 7) is 1.81. The Labute approximate surface area is 97.2 Å². The first kappa shape index (κ1) is 11.4. The van der Waals surface area contributed by atoms with E-state index in [0.29, 0.717) is 0 Å². The predicted molar refractivity (Wildman–Crippen MR) is 56.6 cm³/mol. The Bertz CT molecular complexity index is 346. The molecule has 0 aromatic carbocycles. The van der Waals surface area contributed by atoms with Gasteiger partial charge in [-0.3, -0.25) is 0 Å². The summed E-state index contributed by atoms with van der Waals surface area (Å²) < 4.78 is 21.3. The molecule has 16 heavy (non-hydrogen) atoms. The van der Waals surface area contributed by atoms with Crippen LogP contribution in [0.5, 0.6) is 0 Å². The third-order valence-electron chi connectivity index (χ3n) is 2.65. The Morgan fingerprint density at radius 2 is 2.12 bits per heavy atom. The zero-order valence-corrected chi connectivity index (χ0v) is 9.59. The predicted octanol–water partition coefficient (Wildman–Crippen LogP) is 1.13. The molecule has 0 bridgehead atoms. The molecule has 0 spiro atoms. The van der Waals surface area contributed by atoms with Crippen molar-refractivity contribution in [3.05, 3.63) is 10.4 Å². The number of fused-ring (bicyclic) bond motifs is 1. The maximum absolute atomic E-state index is 8.43. The van der Waals surface area contributed by atoms with Gasteiger partial charge in [-0.05, 0) is 12.5 Å². The van der Waals surface area contributed by atoms with Crippen LogP contribution in [-0.4, -0.2) is 43.0 Å². The van der Waals surface area contributed by atoms with Gasteiger partial charge in [0.05, 0.1) is 6.10 Å². The SMILES string of the molecule is CO[C@@H]1[C@H]2OC(=S)O[C@H]2[C@H](N=[N+]=[N-])O[C@H]1C. The zero-order chi connectivity index (χ0) is 11.7. The number of nitrogens with zero attached hydrogens (tertiary/aromatic N) is 3. The third kappa shape index (κ3) is 1.80. The number of azide groups is 1. The highest BCUT2D eigenvalue weighted by atomic mass is 32.1. The summed E-state index contributed by atoms with van der Waals surface area (Å²) >= 11 is 4.82. The normalized spacial score (nSPS) is 41.6. The molecule has 0 N–H and O–H groups in total. The Balaban J connectivity index is 2.24. The highest BCUT2D eigenvalue weighted by molar-refractivity contribution is 7.79. The Hall–Kier alpha value is -1.08. The Morgan fingerprint density at radius 3 is 2.75 bits per heavy atom. The van der Waals surface area contributed by atoms with Crippen molar-refractivity contribution in [2.75, 3.05) is 7.11 Å². The second kappa shape index (κ2) is 4.42. The van der Waals surface area contributed by atoms with Crippen molar-refractivity contribution in [3.8, 4) is 0 Å². The lowest BCUT2D eigenvalue weighted by atomic mass is 9.99. The van der Waals surface area contributed by atoms with Gasteiger partial charge in [0, 0.05) is 24.2 Å². The van der Waals surface area contributed by atoms with Crippen LogP contribution in [0.15, 0.2) is 5.11 Å². The number of rotatable bonds is 2. The van der Waals surface area contributed by atoms with Gasteiger partial charge in [-0.15, -0.1) is 0 Å². The van der Waals surface area contributed by atoms with Gasteiger partial charge >= 0.3 is 5.24 Å². The van der Waals surface area contributed by atoms with Crippen LogP contribution in [0, 0.1) is 0 Å². The molecule has 0 saturated carbocycles. The molecule has 88 valence electrons. The van der Waals surface area contributed by atoms with E-state index in [1.165, 1.54) is 0 Å². The van der Waals surface area contributed by atoms with E-state index in [1.54, 1.807) is 7.11 Å². The van der Waals surface area contributed by atoms with Crippen molar-refractivity contribution >= 4 is 17.5 Å². The molecular weight excluding hydrogens is 234 g/mol. The first-order valence-corrected chi connectivity index (χ1v) is 5.18. The Kier molecular flexibility index (Phi) is 3.15. The van der Waals surface area contributed by atoms with E-state index in [4.69, 9.17) is 36.7 Å². The fraction of sp³-hybridized carbons (Fsp3) is 0.875. The van der Waals surface area contributed by atoms with Crippen LogP contribution in [0.4, 0.5) is 0 Å². The summed E-state index contributed by atoms with van der Waals surface area (Å²) in [5.41, 5.74) is 8.43. The summed E-state index contributed by atoms with van der Waals surface area (Å²) in [4.78, 5) is 2.71. The minimum absolute atomic E-state index is 0.0351. The topological polar surface area (TPSA) is 85.7 Å². The molecule has 7 nitrogen and oxygen atoms in total. The average molecular weight is 245 g/mol. The number of thiocarbonyl (C=S) groups is 1. The lowest BCUT2D eigenvalue weighted by Crippen LogP contribution is -2.55. The van der Waals surface area contributed by atoms with E-state index >= 15 is 0 Å². The van der Waals surface area contributed by atoms with Crippen molar-refractivity contribution in [1.82, 2.24) is 0 Å². The molecule has 8 heteroatoms. The van der Waals surface area contributed by atoms with Crippen LogP contribution in [0.25, 0.3) is 10.4 Å². The number of hydrogen-bond donors (Lipinski definition) is 0. The van der Waals surface area contributed by atoms with Gasteiger partial charge in [0.25, 0.3) is 0 Å². The van der Waals surface area contributed by atoms with Crippen LogP contribution in [0.2, 0.25) is 0 Å². The molecule has 2 saturated heterocycles. The van der Waals surface area contributed by atoms with E-state index in [9.17, 15) is 0 Å². The van der Waals surface area contributed by atoms with Gasteiger partial charge in [-0.25, -0.2) is 0 Å². The molecule has 0 amide bonds. The average Bonchev–Trinajstić information content (AvgIpc) is 2.60. The van der Waals surface area contributed by atoms with Gasteiger partial charge < -0.3 is 18.9 Å². The summed E-state index contributed by atoms with van der Waals surface area (Å²) in [6, 6.07) is 0. The van der Waals surface area contributed by atoms with Crippen LogP contribution < -0.4 is 0 Å². The standard InChI is InChI=1S/C8H11N3O4S/c1-3-4(12-2)5-6(15-8(16)14-5)7(13-3)10-11-9/h3-7H,1-2H3/t3-,4-,5+,6+,7+/m0/s1. The van der Waals surface area contributed by atoms with Gasteiger partial charge in [0.15, 0.2) is 18.4 Å². The molecule has 0 aliphatic carbocycles. The molecule has 2 aliphatic rings. The molecule has 2 aliphatic heterocycles. The largest absolute Gasteiger partial charge is 0.447 e. The highest BCUT2D eigenvalue weighted by Gasteiger charge is 2.52. The molecule has 2 heterocycles. The number of ether oxygens (including phenoxy) is 4. The van der Waals surface area contributed by atoms with Crippen LogP contribution in [0.1, 0.15) is 6.92 Å². The fourth-order valence-corrected chi connectivity index (χ4v) is 2.19. The smallest absolute Gasteiger partial charge is 0.353 e. The van der Waals surface area contributed by atoms with Gasteiger partial charge in [0.2, 0.25) is 0 Å². The first-order chi connectivity index (χ1) is 7.67. The molecular formula is C8H11N3O4S. The molecule has 0 aromatic heterocycles. The maximum atomic E-state index is 8.43. The number of methoxy groups -OCH3 is 1. The van der Waals surface area contributed by atoms with E-state index < -0.39 is 18.4 Å². The van der Waals surface area contributed by atoms with E-state index in [0.717, 1.165) is 0 Å². The first-order valence-electron chi connectivity index (χ1n) is 4.77. The van der Waals surface area contributed by atoms with Crippen molar-refractivity contribution < 1.29 is 18.9 Å². The summed E-state index contributed by atoms with van der Waals surface area (Å²) in [5.74, 6) is 0. The molecule has 5 atom stereocenters. The molecule has 0 radical (unpaired) electrons. The molecule has 0 aromatic rings. The quantitative estimate of drug-likeness (QED) is 0.315. The van der Waals surface area contributed by atoms with Crippen molar-refractivity contribution in [1.29, 1.82) is 0 Å². The Morgan fingerprint density at radius 1 is 1.44 bits per heavy atom. The van der Waals surface area contributed by atoms with Crippen molar-refractivity contribution in [3.63, 3.8) is 0 Å². The monoisotopic (exact) mass is 245 g/mol. The second-order valence-corrected chi connectivity index (χ2v) is 3.89. The minimum Gasteiger partial charge on any atom is -0.447 e. The lowest BCUT2D eigenvalue weighted by Gasteiger charge is -2.37. The molecule has 2 fully saturated rings. The van der Waals surface area contributed by atoms with Gasteiger partial charge in [0.1, 0.15) is 6.10 Å². The lowest BCUT2D eigenvalue weighted by molar-refractivity contribution is -0.187. The molecule has 2 rings (SSSR count). The number of hydrogen-bond acceptors (Lipinski definition) is 6. The highest BCUT2D eigenvalue weighted by Crippen LogP contribution is 2.32. The van der Waals surface area contributed by atoms with Crippen molar-refractivity contribution in [2.24, 2.45) is 5.11 Å². The maximum Gasteiger partial charge on any atom is 0.353 e. The zero-order valence-electron chi connectivity index (χ0n) is 8.77. The fourth-order valence-electron chi connectivity index (χ4n) is 1.97. The van der Waals surface area contributed by atoms with Crippen LogP contribution >= 0.6 is 12.2 Å². The second-order valence-electron chi connectivity index (χ2n) is 3.55. The summed E-state index contributed by atoms with van der Waals surface area (Å²) in [6.07, 6.45) is -2.22. The minimum atomic E-state index is -0.739. The summed E-state index contributed by atoms with van der Waals surface area (Å²) in [5, 5.41) is 3.55.